The molecule has 0 aliphatic rings. The molecule has 0 saturated heterocycles. The Kier molecular flexibility index (Phi) is 5.66. The van der Waals surface area contributed by atoms with Crippen molar-refractivity contribution < 1.29 is 4.74 Å². The fourth-order valence-corrected chi connectivity index (χ4v) is 2.27. The van der Waals surface area contributed by atoms with Crippen LogP contribution in [-0.2, 0) is 6.54 Å². The summed E-state index contributed by atoms with van der Waals surface area (Å²) in [5.74, 6) is 2.02. The number of ether oxygens (including phenoxy) is 1. The van der Waals surface area contributed by atoms with Gasteiger partial charge in [0.1, 0.15) is 0 Å². The Labute approximate surface area is 111 Å². The van der Waals surface area contributed by atoms with Crippen LogP contribution in [0.4, 0.5) is 0 Å². The van der Waals surface area contributed by atoms with Crippen LogP contribution in [0, 0.1) is 11.8 Å². The normalized spacial score (nSPS) is 14.8. The Morgan fingerprint density at radius 1 is 1.39 bits per heavy atom. The summed E-state index contributed by atoms with van der Waals surface area (Å²) in [4.78, 5) is 0. The number of hydrogen-bond donors (Lipinski definition) is 1. The van der Waals surface area contributed by atoms with E-state index in [0.717, 1.165) is 18.7 Å². The van der Waals surface area contributed by atoms with E-state index in [4.69, 9.17) is 4.74 Å². The van der Waals surface area contributed by atoms with Gasteiger partial charge in [-0.2, -0.15) is 5.10 Å². The van der Waals surface area contributed by atoms with E-state index in [2.05, 4.69) is 42.8 Å². The predicted octanol–water partition coefficient (Wildman–Crippen LogP) is 2.85. The molecule has 0 bridgehead atoms. The highest BCUT2D eigenvalue weighted by molar-refractivity contribution is 5.29. The number of nitrogens with zero attached hydrogens (tertiary/aromatic N) is 2. The molecule has 0 saturated carbocycles. The maximum absolute atomic E-state index is 5.46. The third kappa shape index (κ3) is 3.05. The van der Waals surface area contributed by atoms with Crippen molar-refractivity contribution in [3.63, 3.8) is 0 Å². The van der Waals surface area contributed by atoms with Gasteiger partial charge in [0.2, 0.25) is 0 Å². The summed E-state index contributed by atoms with van der Waals surface area (Å²) in [5, 5.41) is 7.86. The third-order valence-corrected chi connectivity index (χ3v) is 3.68. The van der Waals surface area contributed by atoms with Crippen LogP contribution in [0.25, 0.3) is 0 Å². The number of rotatable bonds is 7. The summed E-state index contributed by atoms with van der Waals surface area (Å²) >= 11 is 0. The zero-order valence-electron chi connectivity index (χ0n) is 12.5. The first-order chi connectivity index (χ1) is 8.56. The lowest BCUT2D eigenvalue weighted by molar-refractivity contribution is 0.291. The second-order valence-electron chi connectivity index (χ2n) is 5.19. The number of methoxy groups -OCH3 is 1. The van der Waals surface area contributed by atoms with E-state index in [1.807, 2.05) is 13.2 Å². The standard InChI is InChI=1S/C14H27N3O/c1-7-8-17-14(12(18-6)9-16-17)13(15-5)11(4)10(2)3/h9-11,13,15H,7-8H2,1-6H3. The fourth-order valence-electron chi connectivity index (χ4n) is 2.27. The van der Waals surface area contributed by atoms with E-state index in [9.17, 15) is 0 Å². The van der Waals surface area contributed by atoms with Gasteiger partial charge in [0.25, 0.3) is 0 Å². The van der Waals surface area contributed by atoms with E-state index in [-0.39, 0.29) is 6.04 Å². The molecule has 0 radical (unpaired) electrons. The van der Waals surface area contributed by atoms with Crippen LogP contribution >= 0.6 is 0 Å². The molecule has 4 nitrogen and oxygen atoms in total. The molecular formula is C14H27N3O. The van der Waals surface area contributed by atoms with E-state index in [1.54, 1.807) is 7.11 Å². The smallest absolute Gasteiger partial charge is 0.161 e. The highest BCUT2D eigenvalue weighted by atomic mass is 16.5. The van der Waals surface area contributed by atoms with Crippen molar-refractivity contribution in [2.75, 3.05) is 14.2 Å². The summed E-state index contributed by atoms with van der Waals surface area (Å²) in [6, 6.07) is 0.272. The third-order valence-electron chi connectivity index (χ3n) is 3.68. The second-order valence-corrected chi connectivity index (χ2v) is 5.19. The van der Waals surface area contributed by atoms with Crippen LogP contribution in [0.2, 0.25) is 0 Å². The van der Waals surface area contributed by atoms with Crippen LogP contribution in [0.3, 0.4) is 0 Å². The van der Waals surface area contributed by atoms with Crippen molar-refractivity contribution in [3.05, 3.63) is 11.9 Å². The van der Waals surface area contributed by atoms with Gasteiger partial charge in [-0.3, -0.25) is 4.68 Å². The monoisotopic (exact) mass is 253 g/mol. The summed E-state index contributed by atoms with van der Waals surface area (Å²) in [6.45, 7) is 9.87. The van der Waals surface area contributed by atoms with Gasteiger partial charge in [0, 0.05) is 6.54 Å². The predicted molar refractivity (Wildman–Crippen MR) is 74.9 cm³/mol. The molecule has 104 valence electrons. The van der Waals surface area contributed by atoms with Gasteiger partial charge in [-0.25, -0.2) is 0 Å². The van der Waals surface area contributed by atoms with E-state index < -0.39 is 0 Å². The molecule has 1 heterocycles. The number of aromatic nitrogens is 2. The van der Waals surface area contributed by atoms with Crippen LogP contribution < -0.4 is 10.1 Å². The van der Waals surface area contributed by atoms with E-state index >= 15 is 0 Å². The van der Waals surface area contributed by atoms with Gasteiger partial charge < -0.3 is 10.1 Å². The average Bonchev–Trinajstić information content (AvgIpc) is 2.74. The quantitative estimate of drug-likeness (QED) is 0.812. The van der Waals surface area contributed by atoms with Crippen molar-refractivity contribution >= 4 is 0 Å². The van der Waals surface area contributed by atoms with Crippen molar-refractivity contribution in [1.29, 1.82) is 0 Å². The summed E-state index contributed by atoms with van der Waals surface area (Å²) < 4.78 is 7.53. The van der Waals surface area contributed by atoms with Gasteiger partial charge in [-0.1, -0.05) is 27.7 Å². The van der Waals surface area contributed by atoms with Gasteiger partial charge in [-0.15, -0.1) is 0 Å². The number of hydrogen-bond acceptors (Lipinski definition) is 3. The summed E-state index contributed by atoms with van der Waals surface area (Å²) in [7, 11) is 3.72. The maximum Gasteiger partial charge on any atom is 0.161 e. The second kappa shape index (κ2) is 6.78. The highest BCUT2D eigenvalue weighted by Crippen LogP contribution is 2.33. The molecule has 1 aromatic heterocycles. The van der Waals surface area contributed by atoms with E-state index in [1.165, 1.54) is 5.69 Å². The number of nitrogens with one attached hydrogen (secondary N) is 1. The van der Waals surface area contributed by atoms with Crippen molar-refractivity contribution in [2.45, 2.75) is 46.7 Å². The maximum atomic E-state index is 5.46. The van der Waals surface area contributed by atoms with Crippen LogP contribution in [-0.4, -0.2) is 23.9 Å². The SMILES string of the molecule is CCCn1ncc(OC)c1C(NC)C(C)C(C)C. The van der Waals surface area contributed by atoms with Gasteiger partial charge in [0.05, 0.1) is 25.0 Å². The molecule has 1 N–H and O–H groups in total. The molecule has 0 aliphatic heterocycles. The molecule has 2 unspecified atom stereocenters. The van der Waals surface area contributed by atoms with Crippen molar-refractivity contribution in [3.8, 4) is 5.75 Å². The molecule has 18 heavy (non-hydrogen) atoms. The lowest BCUT2D eigenvalue weighted by atomic mass is 9.88. The topological polar surface area (TPSA) is 39.1 Å². The van der Waals surface area contributed by atoms with Crippen LogP contribution in [0.5, 0.6) is 5.75 Å². The fraction of sp³-hybridized carbons (Fsp3) is 0.786. The Morgan fingerprint density at radius 3 is 2.50 bits per heavy atom. The summed E-state index contributed by atoms with van der Waals surface area (Å²) in [5.41, 5.74) is 1.17. The largest absolute Gasteiger partial charge is 0.493 e. The molecule has 0 fully saturated rings. The lowest BCUT2D eigenvalue weighted by Gasteiger charge is -2.28. The molecule has 4 heteroatoms. The van der Waals surface area contributed by atoms with Gasteiger partial charge in [-0.05, 0) is 25.3 Å². The summed E-state index contributed by atoms with van der Waals surface area (Å²) in [6.07, 6.45) is 2.90. The van der Waals surface area contributed by atoms with Gasteiger partial charge >= 0.3 is 0 Å². The first-order valence-electron chi connectivity index (χ1n) is 6.83. The van der Waals surface area contributed by atoms with Crippen molar-refractivity contribution in [2.24, 2.45) is 11.8 Å². The Bertz CT molecular complexity index is 360. The molecular weight excluding hydrogens is 226 g/mol. The Balaban J connectivity index is 3.13. The minimum atomic E-state index is 0.272. The van der Waals surface area contributed by atoms with Crippen LogP contribution in [0.15, 0.2) is 6.20 Å². The first-order valence-corrected chi connectivity index (χ1v) is 6.83. The molecule has 2 atom stereocenters. The molecule has 1 rings (SSSR count). The molecule has 0 aromatic carbocycles. The molecule has 0 aliphatic carbocycles. The molecule has 0 amide bonds. The zero-order valence-corrected chi connectivity index (χ0v) is 12.5. The van der Waals surface area contributed by atoms with E-state index in [0.29, 0.717) is 11.8 Å². The lowest BCUT2D eigenvalue weighted by Crippen LogP contribution is -2.29. The zero-order chi connectivity index (χ0) is 13.7. The average molecular weight is 253 g/mol. The van der Waals surface area contributed by atoms with Crippen LogP contribution in [0.1, 0.15) is 45.9 Å². The molecule has 0 spiro atoms. The van der Waals surface area contributed by atoms with Crippen molar-refractivity contribution in [1.82, 2.24) is 15.1 Å². The first kappa shape index (κ1) is 15.0. The van der Waals surface area contributed by atoms with Gasteiger partial charge in [0.15, 0.2) is 5.75 Å². The minimum Gasteiger partial charge on any atom is -0.493 e. The Morgan fingerprint density at radius 2 is 2.06 bits per heavy atom. The molecule has 1 aromatic rings. The Hall–Kier alpha value is -1.03. The highest BCUT2D eigenvalue weighted by Gasteiger charge is 2.27. The minimum absolute atomic E-state index is 0.272. The number of aryl methyl sites for hydroxylation is 1.